The molecule has 0 aromatic heterocycles. The highest BCUT2D eigenvalue weighted by Crippen LogP contribution is 2.42. The van der Waals surface area contributed by atoms with Gasteiger partial charge in [0.05, 0.1) is 0 Å². The zero-order valence-electron chi connectivity index (χ0n) is 5.30. The highest BCUT2D eigenvalue weighted by atomic mass is 35.5. The van der Waals surface area contributed by atoms with Gasteiger partial charge in [0.1, 0.15) is 0 Å². The van der Waals surface area contributed by atoms with Gasteiger partial charge in [-0.2, -0.15) is 13.2 Å². The van der Waals surface area contributed by atoms with Gasteiger partial charge in [0.15, 0.2) is 0 Å². The van der Waals surface area contributed by atoms with Crippen molar-refractivity contribution in [3.63, 3.8) is 0 Å². The summed E-state index contributed by atoms with van der Waals surface area (Å²) in [6.45, 7) is 1.59. The molecular weight excluding hydrogens is 188 g/mol. The molecule has 0 bridgehead atoms. The van der Waals surface area contributed by atoms with Crippen LogP contribution in [0.3, 0.4) is 0 Å². The first kappa shape index (κ1) is 10.4. The number of hydrogen-bond acceptors (Lipinski definition) is 0. The summed E-state index contributed by atoms with van der Waals surface area (Å²) in [6, 6.07) is 0. The molecule has 0 nitrogen and oxygen atoms in total. The van der Waals surface area contributed by atoms with Crippen molar-refractivity contribution in [3.8, 4) is 0 Å². The second-order valence-electron chi connectivity index (χ2n) is 1.95. The van der Waals surface area contributed by atoms with Gasteiger partial charge < -0.3 is 0 Å². The Morgan fingerprint density at radius 2 is 1.60 bits per heavy atom. The molecule has 0 amide bonds. The average Bonchev–Trinajstić information content (AvgIpc) is 1.61. The lowest BCUT2D eigenvalue weighted by molar-refractivity contribution is -0.142. The van der Waals surface area contributed by atoms with Crippen molar-refractivity contribution in [1.82, 2.24) is 0 Å². The van der Waals surface area contributed by atoms with Gasteiger partial charge in [-0.1, -0.05) is 36.5 Å². The number of hydrogen-bond donors (Lipinski definition) is 0. The molecule has 0 aliphatic carbocycles. The lowest BCUT2D eigenvalue weighted by atomic mass is 10.2. The van der Waals surface area contributed by atoms with Crippen molar-refractivity contribution in [1.29, 1.82) is 0 Å². The van der Waals surface area contributed by atoms with Crippen LogP contribution in [0.25, 0.3) is 0 Å². The maximum Gasteiger partial charge on any atom is 0.421 e. The van der Waals surface area contributed by atoms with Gasteiger partial charge >= 0.3 is 6.18 Å². The second-order valence-corrected chi connectivity index (χ2v) is 3.44. The van der Waals surface area contributed by atoms with Crippen molar-refractivity contribution in [2.45, 2.75) is 30.3 Å². The van der Waals surface area contributed by atoms with Gasteiger partial charge in [0.2, 0.25) is 4.33 Å². The van der Waals surface area contributed by atoms with E-state index in [2.05, 4.69) is 0 Å². The van der Waals surface area contributed by atoms with Gasteiger partial charge in [0.25, 0.3) is 0 Å². The van der Waals surface area contributed by atoms with Crippen LogP contribution in [-0.2, 0) is 0 Å². The fraction of sp³-hybridized carbons (Fsp3) is 1.00. The molecule has 0 fully saturated rings. The second kappa shape index (κ2) is 3.18. The summed E-state index contributed by atoms with van der Waals surface area (Å²) in [5, 5.41) is 0. The minimum absolute atomic E-state index is 0.264. The van der Waals surface area contributed by atoms with E-state index in [4.69, 9.17) is 23.2 Å². The Balaban J connectivity index is 4.10. The van der Waals surface area contributed by atoms with E-state index < -0.39 is 10.5 Å². The van der Waals surface area contributed by atoms with E-state index >= 15 is 0 Å². The summed E-state index contributed by atoms with van der Waals surface area (Å²) in [5.41, 5.74) is 0. The van der Waals surface area contributed by atoms with E-state index in [1.165, 1.54) is 0 Å². The SMILES string of the molecule is CCCC(Cl)(Cl)C(F)(F)F. The van der Waals surface area contributed by atoms with E-state index in [0.29, 0.717) is 6.42 Å². The van der Waals surface area contributed by atoms with Crippen LogP contribution in [0.2, 0.25) is 0 Å². The smallest absolute Gasteiger partial charge is 0.168 e. The highest BCUT2D eigenvalue weighted by Gasteiger charge is 2.51. The van der Waals surface area contributed by atoms with E-state index in [-0.39, 0.29) is 6.42 Å². The molecule has 0 saturated heterocycles. The molecule has 10 heavy (non-hydrogen) atoms. The Morgan fingerprint density at radius 3 is 1.70 bits per heavy atom. The van der Waals surface area contributed by atoms with Crippen LogP contribution < -0.4 is 0 Å². The third-order valence-corrected chi connectivity index (χ3v) is 1.79. The number of rotatable bonds is 2. The van der Waals surface area contributed by atoms with E-state index in [1.807, 2.05) is 0 Å². The summed E-state index contributed by atoms with van der Waals surface area (Å²) >= 11 is 9.91. The Hall–Kier alpha value is 0.370. The molecule has 0 N–H and O–H groups in total. The normalized spacial score (nSPS) is 13.8. The van der Waals surface area contributed by atoms with Crippen LogP contribution in [0.5, 0.6) is 0 Å². The summed E-state index contributed by atoms with van der Waals surface area (Å²) in [6.07, 6.45) is -4.47. The molecule has 0 spiro atoms. The van der Waals surface area contributed by atoms with E-state index in [9.17, 15) is 13.2 Å². The number of halogens is 5. The van der Waals surface area contributed by atoms with Crippen LogP contribution in [0.15, 0.2) is 0 Å². The van der Waals surface area contributed by atoms with Gasteiger partial charge in [-0.3, -0.25) is 0 Å². The Labute approximate surface area is 67.3 Å². The predicted octanol–water partition coefficient (Wildman–Crippen LogP) is 3.52. The zero-order valence-corrected chi connectivity index (χ0v) is 6.82. The topological polar surface area (TPSA) is 0 Å². The Bertz CT molecular complexity index is 108. The highest BCUT2D eigenvalue weighted by molar-refractivity contribution is 6.49. The van der Waals surface area contributed by atoms with E-state index in [0.717, 1.165) is 0 Å². The van der Waals surface area contributed by atoms with Crippen LogP contribution in [0, 0.1) is 0 Å². The largest absolute Gasteiger partial charge is 0.421 e. The van der Waals surface area contributed by atoms with E-state index in [1.54, 1.807) is 6.92 Å². The molecule has 5 heteroatoms. The lowest BCUT2D eigenvalue weighted by Gasteiger charge is -2.21. The van der Waals surface area contributed by atoms with Gasteiger partial charge in [-0.25, -0.2) is 0 Å². The minimum atomic E-state index is -4.52. The number of alkyl halides is 5. The predicted molar refractivity (Wildman–Crippen MR) is 35.4 cm³/mol. The van der Waals surface area contributed by atoms with Crippen molar-refractivity contribution in [3.05, 3.63) is 0 Å². The van der Waals surface area contributed by atoms with Crippen molar-refractivity contribution < 1.29 is 13.2 Å². The molecule has 0 aliphatic heterocycles. The molecule has 0 aromatic carbocycles. The van der Waals surface area contributed by atoms with Crippen molar-refractivity contribution in [2.24, 2.45) is 0 Å². The third kappa shape index (κ3) is 2.54. The first-order valence-electron chi connectivity index (χ1n) is 2.76. The summed E-state index contributed by atoms with van der Waals surface area (Å²) in [4.78, 5) is 0. The zero-order chi connectivity index (χ0) is 8.41. The van der Waals surface area contributed by atoms with Gasteiger partial charge in [0, 0.05) is 0 Å². The Kier molecular flexibility index (Phi) is 3.30. The van der Waals surface area contributed by atoms with Crippen LogP contribution in [0.1, 0.15) is 19.8 Å². The molecule has 0 saturated carbocycles. The summed E-state index contributed by atoms with van der Waals surface area (Å²) in [5.74, 6) is 0. The third-order valence-electron chi connectivity index (χ3n) is 0.979. The minimum Gasteiger partial charge on any atom is -0.168 e. The first-order chi connectivity index (χ1) is 4.31. The van der Waals surface area contributed by atoms with Crippen LogP contribution in [-0.4, -0.2) is 10.5 Å². The van der Waals surface area contributed by atoms with Gasteiger partial charge in [-0.05, 0) is 6.42 Å². The van der Waals surface area contributed by atoms with Crippen molar-refractivity contribution >= 4 is 23.2 Å². The molecule has 62 valence electrons. The molecule has 0 heterocycles. The fourth-order valence-corrected chi connectivity index (χ4v) is 0.834. The molecule has 0 rings (SSSR count). The van der Waals surface area contributed by atoms with Crippen LogP contribution >= 0.6 is 23.2 Å². The average molecular weight is 195 g/mol. The quantitative estimate of drug-likeness (QED) is 0.591. The van der Waals surface area contributed by atoms with Gasteiger partial charge in [-0.15, -0.1) is 0 Å². The molecule has 0 atom stereocenters. The standard InChI is InChI=1S/C5H7Cl2F3/c1-2-3-4(6,7)5(8,9)10/h2-3H2,1H3. The maximum atomic E-state index is 11.8. The Morgan fingerprint density at radius 1 is 1.20 bits per heavy atom. The monoisotopic (exact) mass is 194 g/mol. The molecule has 0 radical (unpaired) electrons. The maximum absolute atomic E-state index is 11.8. The lowest BCUT2D eigenvalue weighted by Crippen LogP contribution is -2.33. The van der Waals surface area contributed by atoms with Crippen molar-refractivity contribution in [2.75, 3.05) is 0 Å². The molecule has 0 unspecified atom stereocenters. The molecular formula is C5H7Cl2F3. The fourth-order valence-electron chi connectivity index (χ4n) is 0.456. The first-order valence-corrected chi connectivity index (χ1v) is 3.51. The van der Waals surface area contributed by atoms with Crippen LogP contribution in [0.4, 0.5) is 13.2 Å². The molecule has 0 aromatic rings. The summed E-state index contributed by atoms with van der Waals surface area (Å²) in [7, 11) is 0. The molecule has 0 aliphatic rings. The summed E-state index contributed by atoms with van der Waals surface area (Å²) < 4.78 is 32.7.